The van der Waals surface area contributed by atoms with Crippen molar-refractivity contribution in [3.63, 3.8) is 0 Å². The molecule has 1 rings (SSSR count). The van der Waals surface area contributed by atoms with E-state index in [1.54, 1.807) is 0 Å². The summed E-state index contributed by atoms with van der Waals surface area (Å²) in [6.45, 7) is 11.5. The molecule has 0 radical (unpaired) electrons. The van der Waals surface area contributed by atoms with Crippen molar-refractivity contribution in [2.45, 2.75) is 59.8 Å². The Hall–Kier alpha value is -0.860. The van der Waals surface area contributed by atoms with E-state index in [0.29, 0.717) is 12.0 Å². The molecule has 0 aromatic heterocycles. The van der Waals surface area contributed by atoms with Crippen LogP contribution in [0.3, 0.4) is 0 Å². The Kier molecular flexibility index (Phi) is 7.76. The molecular formula is C17H29NO. The topological polar surface area (TPSA) is 21.3 Å². The number of hydrogen-bond acceptors (Lipinski definition) is 2. The fraction of sp³-hybridized carbons (Fsp3) is 0.647. The van der Waals surface area contributed by atoms with Crippen molar-refractivity contribution in [1.82, 2.24) is 5.32 Å². The Balaban J connectivity index is 2.38. The molecule has 108 valence electrons. The number of hydrogen-bond donors (Lipinski definition) is 1. The van der Waals surface area contributed by atoms with Gasteiger partial charge in [-0.2, -0.15) is 0 Å². The summed E-state index contributed by atoms with van der Waals surface area (Å²) in [6, 6.07) is 8.68. The lowest BCUT2D eigenvalue weighted by molar-refractivity contribution is 0.0471. The zero-order valence-electron chi connectivity index (χ0n) is 12.9. The van der Waals surface area contributed by atoms with Crippen LogP contribution >= 0.6 is 0 Å². The van der Waals surface area contributed by atoms with E-state index in [9.17, 15) is 0 Å². The van der Waals surface area contributed by atoms with Crippen molar-refractivity contribution in [2.75, 3.05) is 6.54 Å². The molecule has 1 unspecified atom stereocenters. The third-order valence-electron chi connectivity index (χ3n) is 3.10. The normalized spacial score (nSPS) is 12.9. The molecule has 0 aliphatic rings. The predicted octanol–water partition coefficient (Wildman–Crippen LogP) is 4.14. The van der Waals surface area contributed by atoms with Gasteiger partial charge in [-0.25, -0.2) is 0 Å². The highest BCUT2D eigenvalue weighted by atomic mass is 16.5. The maximum atomic E-state index is 5.85. The Labute approximate surface area is 118 Å². The van der Waals surface area contributed by atoms with Crippen LogP contribution in [0.25, 0.3) is 0 Å². The highest BCUT2D eigenvalue weighted by Crippen LogP contribution is 2.10. The smallest absolute Gasteiger partial charge is 0.0720 e. The molecule has 0 saturated carbocycles. The minimum atomic E-state index is 0.354. The molecule has 1 aromatic carbocycles. The molecular weight excluding hydrogens is 234 g/mol. The van der Waals surface area contributed by atoms with Crippen LogP contribution in [0.1, 0.15) is 51.7 Å². The van der Waals surface area contributed by atoms with Gasteiger partial charge in [-0.3, -0.25) is 0 Å². The summed E-state index contributed by atoms with van der Waals surface area (Å²) in [6.07, 6.45) is 2.67. The largest absolute Gasteiger partial charge is 0.374 e. The number of nitrogens with one attached hydrogen (secondary N) is 1. The number of benzene rings is 1. The minimum absolute atomic E-state index is 0.354. The molecule has 0 heterocycles. The first kappa shape index (κ1) is 16.2. The van der Waals surface area contributed by atoms with Gasteiger partial charge in [0, 0.05) is 6.54 Å². The molecule has 0 bridgehead atoms. The van der Waals surface area contributed by atoms with Crippen LogP contribution in [-0.4, -0.2) is 12.6 Å². The van der Waals surface area contributed by atoms with Crippen LogP contribution in [0.2, 0.25) is 0 Å². The second-order valence-electron chi connectivity index (χ2n) is 5.75. The standard InChI is InChI=1S/C17H29NO/c1-5-7-15(4)19-13-17-9-6-8-16(10-17)12-18-11-14(2)3/h6,8-10,14-15,18H,5,7,11-13H2,1-4H3. The molecule has 1 aromatic rings. The lowest BCUT2D eigenvalue weighted by atomic mass is 10.1. The van der Waals surface area contributed by atoms with Gasteiger partial charge in [0.2, 0.25) is 0 Å². The van der Waals surface area contributed by atoms with E-state index in [1.807, 2.05) is 0 Å². The van der Waals surface area contributed by atoms with Crippen molar-refractivity contribution in [1.29, 1.82) is 0 Å². The minimum Gasteiger partial charge on any atom is -0.374 e. The van der Waals surface area contributed by atoms with Gasteiger partial charge < -0.3 is 10.1 Å². The lowest BCUT2D eigenvalue weighted by Crippen LogP contribution is -2.19. The fourth-order valence-electron chi connectivity index (χ4n) is 2.06. The molecule has 0 aliphatic heterocycles. The maximum absolute atomic E-state index is 5.85. The Morgan fingerprint density at radius 1 is 1.16 bits per heavy atom. The first-order chi connectivity index (χ1) is 9.11. The van der Waals surface area contributed by atoms with Gasteiger partial charge >= 0.3 is 0 Å². The molecule has 19 heavy (non-hydrogen) atoms. The average molecular weight is 263 g/mol. The third kappa shape index (κ3) is 7.34. The maximum Gasteiger partial charge on any atom is 0.0720 e. The average Bonchev–Trinajstić information content (AvgIpc) is 2.37. The van der Waals surface area contributed by atoms with Crippen LogP contribution in [-0.2, 0) is 17.9 Å². The van der Waals surface area contributed by atoms with Crippen LogP contribution in [0.5, 0.6) is 0 Å². The zero-order valence-corrected chi connectivity index (χ0v) is 12.9. The van der Waals surface area contributed by atoms with Gasteiger partial charge in [0.15, 0.2) is 0 Å². The molecule has 1 N–H and O–H groups in total. The van der Waals surface area contributed by atoms with Crippen molar-refractivity contribution >= 4 is 0 Å². The third-order valence-corrected chi connectivity index (χ3v) is 3.10. The summed E-state index contributed by atoms with van der Waals surface area (Å²) in [7, 11) is 0. The summed E-state index contributed by atoms with van der Waals surface area (Å²) in [5.41, 5.74) is 2.61. The van der Waals surface area contributed by atoms with E-state index in [-0.39, 0.29) is 0 Å². The van der Waals surface area contributed by atoms with Crippen molar-refractivity contribution in [3.8, 4) is 0 Å². The van der Waals surface area contributed by atoms with Crippen molar-refractivity contribution in [2.24, 2.45) is 5.92 Å². The molecule has 2 nitrogen and oxygen atoms in total. The second-order valence-corrected chi connectivity index (χ2v) is 5.75. The first-order valence-electron chi connectivity index (χ1n) is 7.52. The van der Waals surface area contributed by atoms with E-state index in [1.165, 1.54) is 17.5 Å². The van der Waals surface area contributed by atoms with Crippen molar-refractivity contribution < 1.29 is 4.74 Å². The zero-order chi connectivity index (χ0) is 14.1. The molecule has 2 heteroatoms. The fourth-order valence-corrected chi connectivity index (χ4v) is 2.06. The molecule has 0 spiro atoms. The molecule has 1 atom stereocenters. The van der Waals surface area contributed by atoms with Gasteiger partial charge in [0.1, 0.15) is 0 Å². The lowest BCUT2D eigenvalue weighted by Gasteiger charge is -2.13. The predicted molar refractivity (Wildman–Crippen MR) is 82.1 cm³/mol. The van der Waals surface area contributed by atoms with Crippen LogP contribution in [0.15, 0.2) is 24.3 Å². The number of ether oxygens (including phenoxy) is 1. The monoisotopic (exact) mass is 263 g/mol. The van der Waals surface area contributed by atoms with Gasteiger partial charge in [-0.1, -0.05) is 51.5 Å². The van der Waals surface area contributed by atoms with Gasteiger partial charge in [-0.05, 0) is 36.9 Å². The summed E-state index contributed by atoms with van der Waals surface area (Å²) < 4.78 is 5.85. The summed E-state index contributed by atoms with van der Waals surface area (Å²) in [5.74, 6) is 0.696. The molecule has 0 aliphatic carbocycles. The summed E-state index contributed by atoms with van der Waals surface area (Å²) in [5, 5.41) is 3.47. The van der Waals surface area contributed by atoms with Gasteiger partial charge in [0.05, 0.1) is 12.7 Å². The second kappa shape index (κ2) is 9.11. The molecule has 0 amide bonds. The highest BCUT2D eigenvalue weighted by Gasteiger charge is 2.02. The van der Waals surface area contributed by atoms with Gasteiger partial charge in [-0.15, -0.1) is 0 Å². The quantitative estimate of drug-likeness (QED) is 0.723. The number of rotatable bonds is 9. The Bertz CT molecular complexity index is 349. The van der Waals surface area contributed by atoms with Crippen LogP contribution in [0, 0.1) is 5.92 Å². The van der Waals surface area contributed by atoms with E-state index in [2.05, 4.69) is 57.3 Å². The summed E-state index contributed by atoms with van der Waals surface area (Å²) >= 11 is 0. The van der Waals surface area contributed by atoms with E-state index < -0.39 is 0 Å². The first-order valence-corrected chi connectivity index (χ1v) is 7.52. The van der Waals surface area contributed by atoms with Crippen LogP contribution < -0.4 is 5.32 Å². The van der Waals surface area contributed by atoms with Gasteiger partial charge in [0.25, 0.3) is 0 Å². The van der Waals surface area contributed by atoms with Crippen LogP contribution in [0.4, 0.5) is 0 Å². The van der Waals surface area contributed by atoms with E-state index >= 15 is 0 Å². The summed E-state index contributed by atoms with van der Waals surface area (Å²) in [4.78, 5) is 0. The Morgan fingerprint density at radius 3 is 2.58 bits per heavy atom. The molecule has 0 fully saturated rings. The van der Waals surface area contributed by atoms with E-state index in [4.69, 9.17) is 4.74 Å². The Morgan fingerprint density at radius 2 is 1.89 bits per heavy atom. The molecule has 0 saturated heterocycles. The SMILES string of the molecule is CCCC(C)OCc1cccc(CNCC(C)C)c1. The van der Waals surface area contributed by atoms with Crippen molar-refractivity contribution in [3.05, 3.63) is 35.4 Å². The highest BCUT2D eigenvalue weighted by molar-refractivity contribution is 5.22. The van der Waals surface area contributed by atoms with E-state index in [0.717, 1.165) is 26.1 Å².